The van der Waals surface area contributed by atoms with Gasteiger partial charge < -0.3 is 16.0 Å². The average Bonchev–Trinajstić information content (AvgIpc) is 2.26. The van der Waals surface area contributed by atoms with Gasteiger partial charge in [0.1, 0.15) is 0 Å². The van der Waals surface area contributed by atoms with Crippen LogP contribution in [0.5, 0.6) is 0 Å². The molecule has 0 saturated carbocycles. The molecule has 0 saturated heterocycles. The van der Waals surface area contributed by atoms with E-state index in [-0.39, 0.29) is 12.5 Å². The Morgan fingerprint density at radius 3 is 2.71 bits per heavy atom. The van der Waals surface area contributed by atoms with Crippen molar-refractivity contribution in [3.05, 3.63) is 29.3 Å². The number of hydrogen-bond acceptors (Lipinski definition) is 3. The van der Waals surface area contributed by atoms with Gasteiger partial charge in [0.25, 0.3) is 0 Å². The van der Waals surface area contributed by atoms with E-state index in [4.69, 9.17) is 5.73 Å². The Hall–Kier alpha value is -1.55. The van der Waals surface area contributed by atoms with Crippen LogP contribution in [0.4, 0.5) is 5.69 Å². The number of primary amides is 1. The molecule has 0 aliphatic rings. The highest BCUT2D eigenvalue weighted by atomic mass is 16.1. The van der Waals surface area contributed by atoms with E-state index in [1.165, 1.54) is 11.1 Å². The molecule has 0 fully saturated rings. The molecule has 1 amide bonds. The summed E-state index contributed by atoms with van der Waals surface area (Å²) in [5.41, 5.74) is 8.69. The smallest absolute Gasteiger partial charge is 0.236 e. The lowest BCUT2D eigenvalue weighted by molar-refractivity contribution is -0.116. The Bertz CT molecular complexity index is 390. The second-order valence-electron chi connectivity index (χ2n) is 4.21. The number of hydrogen-bond donors (Lipinski definition) is 2. The topological polar surface area (TPSA) is 58.4 Å². The van der Waals surface area contributed by atoms with Crippen molar-refractivity contribution in [2.75, 3.05) is 25.0 Å². The minimum Gasteiger partial charge on any atom is -0.368 e. The molecule has 0 bridgehead atoms. The summed E-state index contributed by atoms with van der Waals surface area (Å²) in [5.74, 6) is -0.318. The van der Waals surface area contributed by atoms with Gasteiger partial charge in [-0.3, -0.25) is 4.79 Å². The van der Waals surface area contributed by atoms with Gasteiger partial charge in [0, 0.05) is 19.3 Å². The number of amides is 1. The van der Waals surface area contributed by atoms with Gasteiger partial charge in [-0.2, -0.15) is 0 Å². The van der Waals surface area contributed by atoms with E-state index in [0.29, 0.717) is 0 Å². The van der Waals surface area contributed by atoms with Crippen molar-refractivity contribution in [1.29, 1.82) is 0 Å². The van der Waals surface area contributed by atoms with Crippen molar-refractivity contribution in [2.24, 2.45) is 5.73 Å². The minimum atomic E-state index is -0.318. The first kappa shape index (κ1) is 13.5. The third-order valence-corrected chi connectivity index (χ3v) is 2.73. The lowest BCUT2D eigenvalue weighted by Crippen LogP contribution is -2.30. The SMILES string of the molecule is CCNCc1ccc(N(C)CC(N)=O)cc1C. The molecule has 3 N–H and O–H groups in total. The van der Waals surface area contributed by atoms with E-state index < -0.39 is 0 Å². The van der Waals surface area contributed by atoms with Crippen molar-refractivity contribution in [3.63, 3.8) is 0 Å². The Balaban J connectivity index is 2.77. The molecular weight excluding hydrogens is 214 g/mol. The van der Waals surface area contributed by atoms with Crippen LogP contribution in [0.2, 0.25) is 0 Å². The van der Waals surface area contributed by atoms with Crippen LogP contribution >= 0.6 is 0 Å². The molecular formula is C13H21N3O. The van der Waals surface area contributed by atoms with Crippen molar-refractivity contribution in [3.8, 4) is 0 Å². The maximum Gasteiger partial charge on any atom is 0.236 e. The molecule has 1 aromatic carbocycles. The van der Waals surface area contributed by atoms with E-state index in [1.807, 2.05) is 18.0 Å². The van der Waals surface area contributed by atoms with Crippen molar-refractivity contribution >= 4 is 11.6 Å². The van der Waals surface area contributed by atoms with E-state index in [9.17, 15) is 4.79 Å². The summed E-state index contributed by atoms with van der Waals surface area (Å²) in [5, 5.41) is 3.30. The molecule has 0 aliphatic heterocycles. The number of carbonyl (C=O) groups is 1. The largest absolute Gasteiger partial charge is 0.368 e. The molecule has 0 spiro atoms. The van der Waals surface area contributed by atoms with Crippen LogP contribution in [-0.4, -0.2) is 26.0 Å². The zero-order chi connectivity index (χ0) is 12.8. The number of nitrogens with two attached hydrogens (primary N) is 1. The molecule has 94 valence electrons. The molecule has 0 aromatic heterocycles. The molecule has 0 radical (unpaired) electrons. The molecule has 0 unspecified atom stereocenters. The first-order chi connectivity index (χ1) is 8.04. The van der Waals surface area contributed by atoms with Gasteiger partial charge in [-0.15, -0.1) is 0 Å². The minimum absolute atomic E-state index is 0.242. The van der Waals surface area contributed by atoms with Gasteiger partial charge in [-0.25, -0.2) is 0 Å². The second kappa shape index (κ2) is 6.25. The molecule has 0 atom stereocenters. The number of nitrogens with one attached hydrogen (secondary N) is 1. The number of likely N-dealkylation sites (N-methyl/N-ethyl adjacent to an activating group) is 1. The summed E-state index contributed by atoms with van der Waals surface area (Å²) in [6, 6.07) is 6.18. The fraction of sp³-hybridized carbons (Fsp3) is 0.462. The third kappa shape index (κ3) is 4.07. The third-order valence-electron chi connectivity index (χ3n) is 2.73. The number of aryl methyl sites for hydroxylation is 1. The molecule has 0 heterocycles. The summed E-state index contributed by atoms with van der Waals surface area (Å²) in [6.07, 6.45) is 0. The van der Waals surface area contributed by atoms with Crippen molar-refractivity contribution in [2.45, 2.75) is 20.4 Å². The molecule has 1 aromatic rings. The highest BCUT2D eigenvalue weighted by Gasteiger charge is 2.06. The van der Waals surface area contributed by atoms with Crippen LogP contribution < -0.4 is 16.0 Å². The lowest BCUT2D eigenvalue weighted by atomic mass is 10.1. The fourth-order valence-corrected chi connectivity index (χ4v) is 1.70. The Morgan fingerprint density at radius 2 is 2.18 bits per heavy atom. The maximum absolute atomic E-state index is 10.8. The standard InChI is InChI=1S/C13H21N3O/c1-4-15-8-11-5-6-12(7-10(11)2)16(3)9-13(14)17/h5-7,15H,4,8-9H2,1-3H3,(H2,14,17). The molecule has 1 rings (SSSR count). The highest BCUT2D eigenvalue weighted by molar-refractivity contribution is 5.79. The first-order valence-corrected chi connectivity index (χ1v) is 5.84. The normalized spacial score (nSPS) is 10.3. The van der Waals surface area contributed by atoms with Crippen molar-refractivity contribution < 1.29 is 4.79 Å². The van der Waals surface area contributed by atoms with Gasteiger partial charge in [0.2, 0.25) is 5.91 Å². The van der Waals surface area contributed by atoms with Crippen LogP contribution in [0.25, 0.3) is 0 Å². The van der Waals surface area contributed by atoms with Gasteiger partial charge in [-0.1, -0.05) is 13.0 Å². The lowest BCUT2D eigenvalue weighted by Gasteiger charge is -2.19. The van der Waals surface area contributed by atoms with Gasteiger partial charge in [0.15, 0.2) is 0 Å². The van der Waals surface area contributed by atoms with E-state index in [1.54, 1.807) is 0 Å². The summed E-state index contributed by atoms with van der Waals surface area (Å²) in [6.45, 7) is 6.25. The Kier molecular flexibility index (Phi) is 4.97. The Labute approximate surface area is 103 Å². The molecule has 0 aliphatic carbocycles. The summed E-state index contributed by atoms with van der Waals surface area (Å²) in [7, 11) is 1.86. The van der Waals surface area contributed by atoms with E-state index in [2.05, 4.69) is 31.3 Å². The first-order valence-electron chi connectivity index (χ1n) is 5.84. The summed E-state index contributed by atoms with van der Waals surface area (Å²) >= 11 is 0. The highest BCUT2D eigenvalue weighted by Crippen LogP contribution is 2.17. The van der Waals surface area contributed by atoms with Gasteiger partial charge in [-0.05, 0) is 36.7 Å². The summed E-state index contributed by atoms with van der Waals surface area (Å²) < 4.78 is 0. The van der Waals surface area contributed by atoms with Crippen LogP contribution in [0.1, 0.15) is 18.1 Å². The zero-order valence-electron chi connectivity index (χ0n) is 10.8. The second-order valence-corrected chi connectivity index (χ2v) is 4.21. The predicted molar refractivity (Wildman–Crippen MR) is 71.0 cm³/mol. The van der Waals surface area contributed by atoms with Crippen LogP contribution in [0.3, 0.4) is 0 Å². The average molecular weight is 235 g/mol. The quantitative estimate of drug-likeness (QED) is 0.774. The molecule has 4 nitrogen and oxygen atoms in total. The van der Waals surface area contributed by atoms with Crippen LogP contribution in [0, 0.1) is 6.92 Å². The summed E-state index contributed by atoms with van der Waals surface area (Å²) in [4.78, 5) is 12.7. The number of nitrogens with zero attached hydrogens (tertiary/aromatic N) is 1. The van der Waals surface area contributed by atoms with Gasteiger partial charge in [0.05, 0.1) is 6.54 Å². The van der Waals surface area contributed by atoms with Crippen LogP contribution in [-0.2, 0) is 11.3 Å². The number of rotatable bonds is 6. The zero-order valence-corrected chi connectivity index (χ0v) is 10.8. The fourth-order valence-electron chi connectivity index (χ4n) is 1.70. The maximum atomic E-state index is 10.8. The Morgan fingerprint density at radius 1 is 1.47 bits per heavy atom. The van der Waals surface area contributed by atoms with E-state index in [0.717, 1.165) is 18.8 Å². The number of carbonyl (C=O) groups excluding carboxylic acids is 1. The van der Waals surface area contributed by atoms with Crippen molar-refractivity contribution in [1.82, 2.24) is 5.32 Å². The number of anilines is 1. The van der Waals surface area contributed by atoms with Crippen LogP contribution in [0.15, 0.2) is 18.2 Å². The van der Waals surface area contributed by atoms with E-state index >= 15 is 0 Å². The predicted octanol–water partition coefficient (Wildman–Crippen LogP) is 1.03. The number of benzene rings is 1. The molecule has 4 heteroatoms. The monoisotopic (exact) mass is 235 g/mol. The molecule has 17 heavy (non-hydrogen) atoms. The van der Waals surface area contributed by atoms with Gasteiger partial charge >= 0.3 is 0 Å².